The van der Waals surface area contributed by atoms with Crippen molar-refractivity contribution >= 4 is 27.5 Å². The van der Waals surface area contributed by atoms with E-state index in [1.807, 2.05) is 33.8 Å². The monoisotopic (exact) mass is 553 g/mol. The van der Waals surface area contributed by atoms with E-state index in [1.165, 1.54) is 29.2 Å². The van der Waals surface area contributed by atoms with Crippen LogP contribution in [0.5, 0.6) is 0 Å². The molecule has 1 N–H and O–H groups in total. The Morgan fingerprint density at radius 1 is 0.923 bits per heavy atom. The Bertz CT molecular complexity index is 1400. The molecule has 0 spiro atoms. The van der Waals surface area contributed by atoms with Crippen LogP contribution in [0.25, 0.3) is 0 Å². The van der Waals surface area contributed by atoms with E-state index in [0.29, 0.717) is 18.7 Å². The van der Waals surface area contributed by atoms with Gasteiger partial charge in [-0.3, -0.25) is 13.9 Å². The zero-order valence-corrected chi connectivity index (χ0v) is 23.9. The molecule has 0 aliphatic rings. The van der Waals surface area contributed by atoms with Crippen molar-refractivity contribution in [2.75, 3.05) is 17.4 Å². The Morgan fingerprint density at radius 3 is 2.13 bits per heavy atom. The van der Waals surface area contributed by atoms with E-state index in [2.05, 4.69) is 5.32 Å². The summed E-state index contributed by atoms with van der Waals surface area (Å²) in [5.41, 5.74) is 3.11. The number of halogens is 1. The van der Waals surface area contributed by atoms with Gasteiger partial charge in [0.25, 0.3) is 10.0 Å². The van der Waals surface area contributed by atoms with Crippen LogP contribution in [-0.2, 0) is 26.2 Å². The van der Waals surface area contributed by atoms with E-state index < -0.39 is 40.2 Å². The predicted molar refractivity (Wildman–Crippen MR) is 151 cm³/mol. The second-order valence-electron chi connectivity index (χ2n) is 9.75. The molecule has 0 aliphatic heterocycles. The highest BCUT2D eigenvalue weighted by Gasteiger charge is 2.33. The zero-order chi connectivity index (χ0) is 28.7. The lowest BCUT2D eigenvalue weighted by Gasteiger charge is -2.32. The minimum absolute atomic E-state index is 0.0365. The van der Waals surface area contributed by atoms with Crippen molar-refractivity contribution < 1.29 is 22.4 Å². The summed E-state index contributed by atoms with van der Waals surface area (Å²) in [4.78, 5) is 28.0. The Hall–Kier alpha value is -3.72. The summed E-state index contributed by atoms with van der Waals surface area (Å²) in [6.45, 7) is 8.66. The average molecular weight is 554 g/mol. The molecule has 0 bridgehead atoms. The average Bonchev–Trinajstić information content (AvgIpc) is 2.89. The molecule has 1 atom stereocenters. The SMILES string of the molecule is CCCNC(=O)[C@H](C)N(Cc1ccccc1F)C(=O)CN(c1cc(C)cc(C)c1)S(=O)(=O)c1ccc(C)cc1. The number of aryl methyl sites for hydroxylation is 3. The van der Waals surface area contributed by atoms with Crippen LogP contribution < -0.4 is 9.62 Å². The number of carbonyl (C=O) groups is 2. The second kappa shape index (κ2) is 12.9. The quantitative estimate of drug-likeness (QED) is 0.366. The van der Waals surface area contributed by atoms with E-state index in [4.69, 9.17) is 0 Å². The lowest BCUT2D eigenvalue weighted by Crippen LogP contribution is -2.51. The highest BCUT2D eigenvalue weighted by molar-refractivity contribution is 7.92. The predicted octanol–water partition coefficient (Wildman–Crippen LogP) is 4.89. The standard InChI is InChI=1S/C30H36FN3O4S/c1-6-15-32-30(36)24(5)33(19-25-9-7-8-10-28(25)31)29(35)20-34(26-17-22(3)16-23(4)18-26)39(37,38)27-13-11-21(2)12-14-27/h7-14,16-18,24H,6,15,19-20H2,1-5H3,(H,32,36)/t24-/m0/s1. The first kappa shape index (κ1) is 29.8. The van der Waals surface area contributed by atoms with Gasteiger partial charge in [0, 0.05) is 18.7 Å². The first-order chi connectivity index (χ1) is 18.4. The molecule has 0 radical (unpaired) electrons. The van der Waals surface area contributed by atoms with Crippen LogP contribution in [0.15, 0.2) is 71.6 Å². The molecule has 0 fully saturated rings. The first-order valence-electron chi connectivity index (χ1n) is 12.9. The van der Waals surface area contributed by atoms with E-state index >= 15 is 0 Å². The number of nitrogens with zero attached hydrogens (tertiary/aromatic N) is 2. The maximum absolute atomic E-state index is 14.6. The molecule has 2 amide bonds. The fourth-order valence-electron chi connectivity index (χ4n) is 4.25. The number of carbonyl (C=O) groups excluding carboxylic acids is 2. The van der Waals surface area contributed by atoms with Crippen molar-refractivity contribution in [3.8, 4) is 0 Å². The van der Waals surface area contributed by atoms with Gasteiger partial charge >= 0.3 is 0 Å². The number of hydrogen-bond acceptors (Lipinski definition) is 4. The van der Waals surface area contributed by atoms with Gasteiger partial charge < -0.3 is 10.2 Å². The van der Waals surface area contributed by atoms with E-state index in [9.17, 15) is 22.4 Å². The highest BCUT2D eigenvalue weighted by atomic mass is 32.2. The van der Waals surface area contributed by atoms with Crippen LogP contribution in [-0.4, -0.2) is 44.3 Å². The summed E-state index contributed by atoms with van der Waals surface area (Å²) >= 11 is 0. The third kappa shape index (κ3) is 7.44. The smallest absolute Gasteiger partial charge is 0.264 e. The van der Waals surface area contributed by atoms with Gasteiger partial charge in [0.1, 0.15) is 18.4 Å². The number of anilines is 1. The van der Waals surface area contributed by atoms with E-state index in [0.717, 1.165) is 21.0 Å². The molecule has 3 rings (SSSR count). The molecule has 3 aromatic carbocycles. The molecule has 3 aromatic rings. The highest BCUT2D eigenvalue weighted by Crippen LogP contribution is 2.27. The molecule has 0 heterocycles. The van der Waals surface area contributed by atoms with Crippen LogP contribution in [0.1, 0.15) is 42.5 Å². The van der Waals surface area contributed by atoms with Crippen molar-refractivity contribution in [3.05, 3.63) is 94.8 Å². The van der Waals surface area contributed by atoms with Crippen LogP contribution in [0.2, 0.25) is 0 Å². The maximum atomic E-state index is 14.6. The molecule has 208 valence electrons. The molecule has 7 nitrogen and oxygen atoms in total. The molecule has 9 heteroatoms. The summed E-state index contributed by atoms with van der Waals surface area (Å²) in [5.74, 6) is -1.55. The van der Waals surface area contributed by atoms with Crippen molar-refractivity contribution in [1.82, 2.24) is 10.2 Å². The lowest BCUT2D eigenvalue weighted by molar-refractivity contribution is -0.139. The Morgan fingerprint density at radius 2 is 1.54 bits per heavy atom. The third-order valence-electron chi connectivity index (χ3n) is 6.40. The first-order valence-corrected chi connectivity index (χ1v) is 14.4. The summed E-state index contributed by atoms with van der Waals surface area (Å²) < 4.78 is 43.5. The van der Waals surface area contributed by atoms with Gasteiger partial charge in [0.15, 0.2) is 0 Å². The molecular weight excluding hydrogens is 517 g/mol. The van der Waals surface area contributed by atoms with E-state index in [1.54, 1.807) is 43.3 Å². The van der Waals surface area contributed by atoms with Gasteiger partial charge in [-0.15, -0.1) is 0 Å². The molecule has 39 heavy (non-hydrogen) atoms. The van der Waals surface area contributed by atoms with Crippen LogP contribution in [0.4, 0.5) is 10.1 Å². The van der Waals surface area contributed by atoms with Crippen molar-refractivity contribution in [2.45, 2.75) is 58.5 Å². The van der Waals surface area contributed by atoms with Gasteiger partial charge in [-0.25, -0.2) is 12.8 Å². The molecule has 0 saturated carbocycles. The number of rotatable bonds is 11. The molecule has 0 aliphatic carbocycles. The Kier molecular flexibility index (Phi) is 9.86. The van der Waals surface area contributed by atoms with Gasteiger partial charge in [-0.2, -0.15) is 0 Å². The van der Waals surface area contributed by atoms with Crippen LogP contribution in [0, 0.1) is 26.6 Å². The molecule has 0 unspecified atom stereocenters. The Labute approximate surface area is 230 Å². The third-order valence-corrected chi connectivity index (χ3v) is 8.19. The topological polar surface area (TPSA) is 86.8 Å². The van der Waals surface area contributed by atoms with E-state index in [-0.39, 0.29) is 17.0 Å². The number of sulfonamides is 1. The van der Waals surface area contributed by atoms with Gasteiger partial charge in [0.05, 0.1) is 10.6 Å². The lowest BCUT2D eigenvalue weighted by atomic mass is 10.1. The second-order valence-corrected chi connectivity index (χ2v) is 11.6. The minimum Gasteiger partial charge on any atom is -0.354 e. The zero-order valence-electron chi connectivity index (χ0n) is 23.1. The molecular formula is C30H36FN3O4S. The normalized spacial score (nSPS) is 12.1. The van der Waals surface area contributed by atoms with Gasteiger partial charge in [-0.1, -0.05) is 48.9 Å². The van der Waals surface area contributed by atoms with Crippen LogP contribution >= 0.6 is 0 Å². The largest absolute Gasteiger partial charge is 0.354 e. The number of benzene rings is 3. The van der Waals surface area contributed by atoms with Crippen molar-refractivity contribution in [3.63, 3.8) is 0 Å². The summed E-state index contributed by atoms with van der Waals surface area (Å²) in [6.07, 6.45) is 0.703. The summed E-state index contributed by atoms with van der Waals surface area (Å²) in [5, 5.41) is 2.77. The van der Waals surface area contributed by atoms with Crippen molar-refractivity contribution in [1.29, 1.82) is 0 Å². The summed E-state index contributed by atoms with van der Waals surface area (Å²) in [7, 11) is -4.16. The number of amides is 2. The fourth-order valence-corrected chi connectivity index (χ4v) is 5.65. The van der Waals surface area contributed by atoms with Gasteiger partial charge in [0.2, 0.25) is 11.8 Å². The number of hydrogen-bond donors (Lipinski definition) is 1. The van der Waals surface area contributed by atoms with Gasteiger partial charge in [-0.05, 0) is 75.6 Å². The van der Waals surface area contributed by atoms with Crippen LogP contribution in [0.3, 0.4) is 0 Å². The fraction of sp³-hybridized carbons (Fsp3) is 0.333. The number of nitrogens with one attached hydrogen (secondary N) is 1. The molecule has 0 saturated heterocycles. The molecule has 0 aromatic heterocycles. The minimum atomic E-state index is -4.16. The maximum Gasteiger partial charge on any atom is 0.264 e. The van der Waals surface area contributed by atoms with Crippen molar-refractivity contribution in [2.24, 2.45) is 0 Å². The summed E-state index contributed by atoms with van der Waals surface area (Å²) in [6, 6.07) is 16.7. The Balaban J connectivity index is 2.06.